The molecule has 0 bridgehead atoms. The highest BCUT2D eigenvalue weighted by Gasteiger charge is 2.44. The normalized spacial score (nSPS) is 15.2. The quantitative estimate of drug-likeness (QED) is 0.488. The van der Waals surface area contributed by atoms with E-state index in [9.17, 15) is 10.1 Å². The monoisotopic (exact) mass is 362 g/mol. The van der Waals surface area contributed by atoms with E-state index in [1.807, 2.05) is 60.7 Å². The Morgan fingerprint density at radius 3 is 1.88 bits per heavy atom. The van der Waals surface area contributed by atoms with Crippen molar-refractivity contribution in [2.24, 2.45) is 5.16 Å². The molecule has 6 heteroatoms. The lowest BCUT2D eigenvalue weighted by molar-refractivity contribution is -0.384. The van der Waals surface area contributed by atoms with Crippen molar-refractivity contribution in [3.8, 4) is 0 Å². The molecule has 0 spiro atoms. The van der Waals surface area contributed by atoms with Gasteiger partial charge in [0.2, 0.25) is 4.93 Å². The fourth-order valence-electron chi connectivity index (χ4n) is 2.82. The van der Waals surface area contributed by atoms with E-state index >= 15 is 0 Å². The van der Waals surface area contributed by atoms with Gasteiger partial charge in [-0.2, -0.15) is 0 Å². The molecule has 5 nitrogen and oxygen atoms in total. The Morgan fingerprint density at radius 1 is 0.846 bits per heavy atom. The van der Waals surface area contributed by atoms with Gasteiger partial charge in [-0.05, 0) is 23.9 Å². The van der Waals surface area contributed by atoms with E-state index in [0.29, 0.717) is 5.04 Å². The first kappa shape index (κ1) is 16.4. The third kappa shape index (κ3) is 2.84. The summed E-state index contributed by atoms with van der Waals surface area (Å²) in [4.78, 5) is 15.6. The third-order valence-electron chi connectivity index (χ3n) is 4.13. The molecule has 0 amide bonds. The Hall–Kier alpha value is -3.12. The third-order valence-corrected chi connectivity index (χ3v) is 5.47. The molecule has 0 radical (unpaired) electrons. The molecule has 0 fully saturated rings. The van der Waals surface area contributed by atoms with Crippen LogP contribution in [0.5, 0.6) is 0 Å². The zero-order chi connectivity index (χ0) is 18.0. The van der Waals surface area contributed by atoms with Gasteiger partial charge in [0.05, 0.1) is 4.92 Å². The van der Waals surface area contributed by atoms with Gasteiger partial charge >= 0.3 is 0 Å². The van der Waals surface area contributed by atoms with Gasteiger partial charge in [0.1, 0.15) is 5.04 Å². The predicted octanol–water partition coefficient (Wildman–Crippen LogP) is 4.92. The summed E-state index contributed by atoms with van der Waals surface area (Å²) in [6, 6.07) is 26.2. The Kier molecular flexibility index (Phi) is 4.18. The van der Waals surface area contributed by atoms with Gasteiger partial charge in [0, 0.05) is 28.8 Å². The molecule has 1 aliphatic heterocycles. The number of hydrogen-bond donors (Lipinski definition) is 0. The summed E-state index contributed by atoms with van der Waals surface area (Å²) in [6.07, 6.45) is 0. The average molecular weight is 362 g/mol. The molecule has 128 valence electrons. The van der Waals surface area contributed by atoms with Crippen LogP contribution in [0.4, 0.5) is 5.69 Å². The van der Waals surface area contributed by atoms with Crippen molar-refractivity contribution >= 4 is 22.5 Å². The van der Waals surface area contributed by atoms with Crippen molar-refractivity contribution in [2.45, 2.75) is 4.93 Å². The number of rotatable bonds is 4. The lowest BCUT2D eigenvalue weighted by Gasteiger charge is -2.26. The van der Waals surface area contributed by atoms with Crippen molar-refractivity contribution < 1.29 is 9.76 Å². The zero-order valence-electron chi connectivity index (χ0n) is 13.6. The van der Waals surface area contributed by atoms with Crippen molar-refractivity contribution in [3.05, 3.63) is 112 Å². The summed E-state index contributed by atoms with van der Waals surface area (Å²) >= 11 is 1.49. The van der Waals surface area contributed by atoms with Gasteiger partial charge < -0.3 is 4.84 Å². The molecule has 0 aliphatic carbocycles. The van der Waals surface area contributed by atoms with Crippen molar-refractivity contribution in [1.29, 1.82) is 0 Å². The van der Waals surface area contributed by atoms with Crippen molar-refractivity contribution in [2.75, 3.05) is 0 Å². The summed E-state index contributed by atoms with van der Waals surface area (Å²) in [5.74, 6) is 0. The first-order valence-corrected chi connectivity index (χ1v) is 8.82. The number of oxime groups is 1. The van der Waals surface area contributed by atoms with Crippen LogP contribution in [0.3, 0.4) is 0 Å². The Balaban J connectivity index is 1.72. The molecule has 1 heterocycles. The lowest BCUT2D eigenvalue weighted by Crippen LogP contribution is -2.23. The molecular formula is C20H14N2O3S. The topological polar surface area (TPSA) is 64.7 Å². The summed E-state index contributed by atoms with van der Waals surface area (Å²) < 4.78 is 0. The molecule has 1 aliphatic rings. The number of non-ortho nitro benzene ring substituents is 1. The van der Waals surface area contributed by atoms with Gasteiger partial charge in [-0.1, -0.05) is 65.8 Å². The number of hydrogen-bond acceptors (Lipinski definition) is 5. The van der Waals surface area contributed by atoms with Gasteiger partial charge in [0.25, 0.3) is 5.69 Å². The van der Waals surface area contributed by atoms with Crippen LogP contribution in [0.15, 0.2) is 90.1 Å². The molecule has 0 atom stereocenters. The van der Waals surface area contributed by atoms with Crippen LogP contribution in [0, 0.1) is 10.1 Å². The number of nitrogens with zero attached hydrogens (tertiary/aromatic N) is 2. The van der Waals surface area contributed by atoms with Gasteiger partial charge in [-0.15, -0.1) is 0 Å². The van der Waals surface area contributed by atoms with Crippen molar-refractivity contribution in [1.82, 2.24) is 0 Å². The van der Waals surface area contributed by atoms with Gasteiger partial charge in [0.15, 0.2) is 0 Å². The summed E-state index contributed by atoms with van der Waals surface area (Å²) in [5.41, 5.74) is 2.80. The fraction of sp³-hybridized carbons (Fsp3) is 0.0500. The van der Waals surface area contributed by atoms with Crippen LogP contribution < -0.4 is 0 Å². The highest BCUT2D eigenvalue weighted by molar-refractivity contribution is 8.15. The summed E-state index contributed by atoms with van der Waals surface area (Å²) in [7, 11) is 0. The Bertz CT molecular complexity index is 918. The van der Waals surface area contributed by atoms with E-state index in [0.717, 1.165) is 16.7 Å². The van der Waals surface area contributed by atoms with Gasteiger partial charge in [-0.3, -0.25) is 10.1 Å². The first-order chi connectivity index (χ1) is 12.7. The maximum atomic E-state index is 10.9. The predicted molar refractivity (Wildman–Crippen MR) is 102 cm³/mol. The molecule has 0 aromatic heterocycles. The second kappa shape index (κ2) is 6.65. The minimum Gasteiger partial charge on any atom is -0.367 e. The van der Waals surface area contributed by atoms with Crippen LogP contribution in [-0.4, -0.2) is 9.97 Å². The molecule has 3 aromatic carbocycles. The van der Waals surface area contributed by atoms with Crippen LogP contribution >= 0.6 is 11.8 Å². The molecule has 0 saturated carbocycles. The zero-order valence-corrected chi connectivity index (χ0v) is 14.4. The average Bonchev–Trinajstić information content (AvgIpc) is 3.16. The van der Waals surface area contributed by atoms with E-state index in [1.165, 1.54) is 23.9 Å². The minimum atomic E-state index is -0.778. The van der Waals surface area contributed by atoms with E-state index in [-0.39, 0.29) is 5.69 Å². The molecule has 0 saturated heterocycles. The van der Waals surface area contributed by atoms with Gasteiger partial charge in [-0.25, -0.2) is 0 Å². The van der Waals surface area contributed by atoms with Crippen LogP contribution in [-0.2, 0) is 9.77 Å². The Morgan fingerprint density at radius 2 is 1.38 bits per heavy atom. The highest BCUT2D eigenvalue weighted by Crippen LogP contribution is 2.49. The van der Waals surface area contributed by atoms with E-state index in [4.69, 9.17) is 4.84 Å². The molecule has 3 aromatic rings. The second-order valence-electron chi connectivity index (χ2n) is 5.74. The van der Waals surface area contributed by atoms with E-state index in [1.54, 1.807) is 12.1 Å². The SMILES string of the molecule is O=[N+]([O-])c1ccc(C2=NOC(c3ccccc3)(c3ccccc3)S2)cc1. The second-order valence-corrected chi connectivity index (χ2v) is 6.91. The fourth-order valence-corrected chi connectivity index (χ4v) is 4.00. The smallest absolute Gasteiger partial charge is 0.269 e. The minimum absolute atomic E-state index is 0.0515. The summed E-state index contributed by atoms with van der Waals surface area (Å²) in [5, 5.41) is 15.8. The number of benzene rings is 3. The molecular weight excluding hydrogens is 348 g/mol. The molecule has 26 heavy (non-hydrogen) atoms. The number of nitro groups is 1. The van der Waals surface area contributed by atoms with Crippen LogP contribution in [0.1, 0.15) is 16.7 Å². The molecule has 4 rings (SSSR count). The Labute approximate surface area is 154 Å². The molecule has 0 unspecified atom stereocenters. The van der Waals surface area contributed by atoms with Crippen LogP contribution in [0.2, 0.25) is 0 Å². The maximum absolute atomic E-state index is 10.9. The van der Waals surface area contributed by atoms with Crippen molar-refractivity contribution in [3.63, 3.8) is 0 Å². The highest BCUT2D eigenvalue weighted by atomic mass is 32.2. The maximum Gasteiger partial charge on any atom is 0.269 e. The summed E-state index contributed by atoms with van der Waals surface area (Å²) in [6.45, 7) is 0. The number of thioether (sulfide) groups is 1. The number of nitro benzene ring substituents is 1. The largest absolute Gasteiger partial charge is 0.367 e. The lowest BCUT2D eigenvalue weighted by atomic mass is 10.0. The van der Waals surface area contributed by atoms with E-state index < -0.39 is 9.86 Å². The van der Waals surface area contributed by atoms with E-state index in [2.05, 4.69) is 5.16 Å². The molecule has 0 N–H and O–H groups in total. The standard InChI is InChI=1S/C20H14N2O3S/c23-22(24)18-13-11-15(12-14-18)19-21-25-20(26-19,16-7-3-1-4-8-16)17-9-5-2-6-10-17/h1-14H. The first-order valence-electron chi connectivity index (χ1n) is 8.00. The van der Waals surface area contributed by atoms with Crippen LogP contribution in [0.25, 0.3) is 0 Å².